The zero-order valence-corrected chi connectivity index (χ0v) is 7.90. The van der Waals surface area contributed by atoms with Crippen molar-refractivity contribution in [2.45, 2.75) is 6.18 Å². The van der Waals surface area contributed by atoms with E-state index >= 15 is 0 Å². The normalized spacial score (nSPS) is 11.9. The van der Waals surface area contributed by atoms with Crippen molar-refractivity contribution in [3.63, 3.8) is 0 Å². The number of nitrogens with two attached hydrogens (primary N) is 1. The van der Waals surface area contributed by atoms with Crippen LogP contribution in [-0.2, 0) is 0 Å². The van der Waals surface area contributed by atoms with E-state index < -0.39 is 12.8 Å². The molecule has 86 valence electrons. The Kier molecular flexibility index (Phi) is 2.33. The number of alkyl halides is 3. The smallest absolute Gasteiger partial charge is 0.422 e. The van der Waals surface area contributed by atoms with Crippen LogP contribution in [0.3, 0.4) is 0 Å². The number of nitrogens with zero attached hydrogens (tertiary/aromatic N) is 3. The van der Waals surface area contributed by atoms with Gasteiger partial charge in [-0.15, -0.1) is 5.10 Å². The lowest BCUT2D eigenvalue weighted by atomic mass is 10.4. The van der Waals surface area contributed by atoms with Crippen LogP contribution in [0.5, 0.6) is 5.75 Å². The molecule has 0 radical (unpaired) electrons. The first-order chi connectivity index (χ1) is 7.46. The van der Waals surface area contributed by atoms with Crippen LogP contribution in [0.15, 0.2) is 18.3 Å². The summed E-state index contributed by atoms with van der Waals surface area (Å²) in [5.41, 5.74) is 5.48. The largest absolute Gasteiger partial charge is 0.480 e. The highest BCUT2D eigenvalue weighted by Crippen LogP contribution is 2.21. The number of fused-ring (bicyclic) bond motifs is 1. The van der Waals surface area contributed by atoms with Gasteiger partial charge in [0.2, 0.25) is 5.95 Å². The second-order valence-corrected chi connectivity index (χ2v) is 3.01. The Bertz CT molecular complexity index is 507. The predicted molar refractivity (Wildman–Crippen MR) is 48.9 cm³/mol. The third-order valence-corrected chi connectivity index (χ3v) is 1.73. The fourth-order valence-electron chi connectivity index (χ4n) is 1.17. The lowest BCUT2D eigenvalue weighted by molar-refractivity contribution is -0.153. The molecule has 2 N–H and O–H groups in total. The molecule has 0 aliphatic rings. The van der Waals surface area contributed by atoms with Gasteiger partial charge in [-0.25, -0.2) is 4.52 Å². The standard InChI is InChI=1S/C8H7F3N4O/c9-8(10,11)4-16-5-2-1-3-15-6(5)13-7(12)14-15/h1-3H,4H2,(H2,12,14). The zero-order valence-electron chi connectivity index (χ0n) is 7.90. The first-order valence-corrected chi connectivity index (χ1v) is 4.26. The summed E-state index contributed by atoms with van der Waals surface area (Å²) in [6, 6.07) is 2.86. The third-order valence-electron chi connectivity index (χ3n) is 1.73. The molecule has 2 aromatic heterocycles. The maximum Gasteiger partial charge on any atom is 0.422 e. The molecule has 0 spiro atoms. The molecule has 0 aliphatic carbocycles. The maximum absolute atomic E-state index is 12.0. The van der Waals surface area contributed by atoms with Gasteiger partial charge in [-0.1, -0.05) is 0 Å². The summed E-state index contributed by atoms with van der Waals surface area (Å²) in [7, 11) is 0. The quantitative estimate of drug-likeness (QED) is 0.846. The van der Waals surface area contributed by atoms with E-state index in [1.54, 1.807) is 0 Å². The van der Waals surface area contributed by atoms with Crippen LogP contribution >= 0.6 is 0 Å². The molecule has 2 rings (SSSR count). The maximum atomic E-state index is 12.0. The Balaban J connectivity index is 2.30. The SMILES string of the molecule is Nc1nc2c(OCC(F)(F)F)cccn2n1. The third kappa shape index (κ3) is 2.15. The van der Waals surface area contributed by atoms with Gasteiger partial charge in [0.25, 0.3) is 0 Å². The highest BCUT2D eigenvalue weighted by atomic mass is 19.4. The number of hydrogen-bond donors (Lipinski definition) is 1. The highest BCUT2D eigenvalue weighted by Gasteiger charge is 2.28. The average molecular weight is 232 g/mol. The predicted octanol–water partition coefficient (Wildman–Crippen LogP) is 1.25. The van der Waals surface area contributed by atoms with E-state index in [0.717, 1.165) is 0 Å². The first kappa shape index (κ1) is 10.5. The van der Waals surface area contributed by atoms with Crippen LogP contribution in [0.4, 0.5) is 19.1 Å². The molecule has 0 fully saturated rings. The topological polar surface area (TPSA) is 65.4 Å². The van der Waals surface area contributed by atoms with E-state index in [2.05, 4.69) is 14.8 Å². The molecule has 0 aromatic carbocycles. The summed E-state index contributed by atoms with van der Waals surface area (Å²) < 4.78 is 41.7. The van der Waals surface area contributed by atoms with Gasteiger partial charge in [0.15, 0.2) is 18.0 Å². The Morgan fingerprint density at radius 2 is 2.19 bits per heavy atom. The van der Waals surface area contributed by atoms with Crippen LogP contribution < -0.4 is 10.5 Å². The summed E-state index contributed by atoms with van der Waals surface area (Å²) >= 11 is 0. The minimum absolute atomic E-state index is 0.0102. The fourth-order valence-corrected chi connectivity index (χ4v) is 1.17. The van der Waals surface area contributed by atoms with Crippen molar-refractivity contribution in [1.29, 1.82) is 0 Å². The number of aromatic nitrogens is 3. The van der Waals surface area contributed by atoms with Gasteiger partial charge >= 0.3 is 6.18 Å². The van der Waals surface area contributed by atoms with Crippen molar-refractivity contribution in [2.24, 2.45) is 0 Å². The number of nitrogen functional groups attached to an aromatic ring is 1. The van der Waals surface area contributed by atoms with Crippen molar-refractivity contribution in [3.8, 4) is 5.75 Å². The molecule has 2 heterocycles. The summed E-state index contributed by atoms with van der Waals surface area (Å²) in [4.78, 5) is 3.75. The average Bonchev–Trinajstić information content (AvgIpc) is 2.54. The molecule has 0 atom stereocenters. The van der Waals surface area contributed by atoms with Crippen molar-refractivity contribution < 1.29 is 17.9 Å². The second kappa shape index (κ2) is 3.54. The zero-order chi connectivity index (χ0) is 11.8. The molecule has 0 bridgehead atoms. The summed E-state index contributed by atoms with van der Waals surface area (Å²) in [5.74, 6) is -0.0351. The van der Waals surface area contributed by atoms with E-state index in [9.17, 15) is 13.2 Å². The Hall–Kier alpha value is -1.99. The van der Waals surface area contributed by atoms with Crippen molar-refractivity contribution in [2.75, 3.05) is 12.3 Å². The van der Waals surface area contributed by atoms with E-state index in [1.165, 1.54) is 22.8 Å². The molecule has 2 aromatic rings. The second-order valence-electron chi connectivity index (χ2n) is 3.01. The van der Waals surface area contributed by atoms with E-state index in [4.69, 9.17) is 5.73 Å². The fraction of sp³-hybridized carbons (Fsp3) is 0.250. The van der Waals surface area contributed by atoms with Crippen molar-refractivity contribution >= 4 is 11.6 Å². The van der Waals surface area contributed by atoms with Gasteiger partial charge in [-0.2, -0.15) is 18.2 Å². The number of hydrogen-bond acceptors (Lipinski definition) is 4. The lowest BCUT2D eigenvalue weighted by Gasteiger charge is -2.08. The van der Waals surface area contributed by atoms with Crippen LogP contribution in [0, 0.1) is 0 Å². The summed E-state index contributed by atoms with van der Waals surface area (Å²) in [6.45, 7) is -1.38. The summed E-state index contributed by atoms with van der Waals surface area (Å²) in [5, 5.41) is 3.74. The van der Waals surface area contributed by atoms with Gasteiger partial charge in [-0.3, -0.25) is 0 Å². The van der Waals surface area contributed by atoms with Gasteiger partial charge < -0.3 is 10.5 Å². The molecule has 0 saturated carbocycles. The van der Waals surface area contributed by atoms with E-state index in [-0.39, 0.29) is 17.3 Å². The van der Waals surface area contributed by atoms with Crippen LogP contribution in [0.25, 0.3) is 5.65 Å². The Labute approximate surface area is 87.6 Å². The number of ether oxygens (including phenoxy) is 1. The molecule has 5 nitrogen and oxygen atoms in total. The first-order valence-electron chi connectivity index (χ1n) is 4.26. The number of pyridine rings is 1. The van der Waals surface area contributed by atoms with E-state index in [1.807, 2.05) is 0 Å². The van der Waals surface area contributed by atoms with Crippen molar-refractivity contribution in [3.05, 3.63) is 18.3 Å². The molecule has 8 heteroatoms. The number of anilines is 1. The minimum atomic E-state index is -4.39. The minimum Gasteiger partial charge on any atom is -0.480 e. The Morgan fingerprint density at radius 1 is 1.44 bits per heavy atom. The van der Waals surface area contributed by atoms with Gasteiger partial charge in [0.05, 0.1) is 0 Å². The lowest BCUT2D eigenvalue weighted by Crippen LogP contribution is -2.19. The van der Waals surface area contributed by atoms with Gasteiger partial charge in [0, 0.05) is 6.20 Å². The van der Waals surface area contributed by atoms with Gasteiger partial charge in [0.1, 0.15) is 0 Å². The molecule has 0 aliphatic heterocycles. The van der Waals surface area contributed by atoms with Gasteiger partial charge in [-0.05, 0) is 12.1 Å². The van der Waals surface area contributed by atoms with Crippen molar-refractivity contribution in [1.82, 2.24) is 14.6 Å². The molecular formula is C8H7F3N4O. The molecule has 0 saturated heterocycles. The van der Waals surface area contributed by atoms with E-state index in [0.29, 0.717) is 0 Å². The molecule has 0 unspecified atom stereocenters. The van der Waals surface area contributed by atoms with Crippen LogP contribution in [0.2, 0.25) is 0 Å². The molecule has 0 amide bonds. The molecular weight excluding hydrogens is 225 g/mol. The Morgan fingerprint density at radius 3 is 2.88 bits per heavy atom. The number of halogens is 3. The summed E-state index contributed by atoms with van der Waals surface area (Å²) in [6.07, 6.45) is -2.88. The molecule has 16 heavy (non-hydrogen) atoms. The monoisotopic (exact) mass is 232 g/mol. The van der Waals surface area contributed by atoms with Crippen LogP contribution in [0.1, 0.15) is 0 Å². The van der Waals surface area contributed by atoms with Crippen LogP contribution in [-0.4, -0.2) is 27.4 Å². The highest BCUT2D eigenvalue weighted by molar-refractivity contribution is 5.54. The number of rotatable bonds is 2.